The van der Waals surface area contributed by atoms with Crippen LogP contribution in [0.25, 0.3) is 17.2 Å². The van der Waals surface area contributed by atoms with Crippen molar-refractivity contribution in [2.24, 2.45) is 5.10 Å². The normalized spacial score (nSPS) is 11.0. The number of halogens is 1. The largest absolute Gasteiger partial charge is 0.484 e. The van der Waals surface area contributed by atoms with Crippen molar-refractivity contribution in [2.75, 3.05) is 6.61 Å². The molecule has 1 amide bonds. The third-order valence-corrected chi connectivity index (χ3v) is 4.21. The molecule has 0 spiro atoms. The van der Waals surface area contributed by atoms with Gasteiger partial charge >= 0.3 is 0 Å². The summed E-state index contributed by atoms with van der Waals surface area (Å²) in [5, 5.41) is 4.50. The minimum absolute atomic E-state index is 0.115. The van der Waals surface area contributed by atoms with Gasteiger partial charge in [0.1, 0.15) is 5.75 Å². The molecule has 0 saturated heterocycles. The van der Waals surface area contributed by atoms with Gasteiger partial charge in [-0.1, -0.05) is 78.3 Å². The molecular weight excluding hydrogens is 372 g/mol. The summed E-state index contributed by atoms with van der Waals surface area (Å²) in [4.78, 5) is 11.8. The third kappa shape index (κ3) is 5.83. The second kappa shape index (κ2) is 10.1. The van der Waals surface area contributed by atoms with E-state index in [2.05, 4.69) is 10.5 Å². The molecule has 5 heteroatoms. The molecule has 1 N–H and O–H groups in total. The predicted molar refractivity (Wildman–Crippen MR) is 114 cm³/mol. The van der Waals surface area contributed by atoms with Crippen LogP contribution in [0.1, 0.15) is 5.56 Å². The molecule has 0 saturated carbocycles. The van der Waals surface area contributed by atoms with Crippen molar-refractivity contribution in [3.05, 3.63) is 95.5 Å². The molecule has 0 atom stereocenters. The topological polar surface area (TPSA) is 50.7 Å². The van der Waals surface area contributed by atoms with Crippen molar-refractivity contribution >= 4 is 29.8 Å². The highest BCUT2D eigenvalue weighted by atomic mass is 35.5. The van der Waals surface area contributed by atoms with Gasteiger partial charge in [-0.25, -0.2) is 5.43 Å². The highest BCUT2D eigenvalue weighted by molar-refractivity contribution is 6.32. The van der Waals surface area contributed by atoms with E-state index in [1.54, 1.807) is 6.08 Å². The zero-order valence-corrected chi connectivity index (χ0v) is 15.8. The van der Waals surface area contributed by atoms with E-state index in [1.807, 2.05) is 84.9 Å². The van der Waals surface area contributed by atoms with Gasteiger partial charge in [0.2, 0.25) is 0 Å². The first kappa shape index (κ1) is 19.4. The highest BCUT2D eigenvalue weighted by Gasteiger charge is 2.02. The molecule has 0 fully saturated rings. The Bertz CT molecular complexity index is 967. The Morgan fingerprint density at radius 2 is 1.61 bits per heavy atom. The summed E-state index contributed by atoms with van der Waals surface area (Å²) in [6.45, 7) is -0.115. The average Bonchev–Trinajstić information content (AvgIpc) is 2.74. The number of allylic oxidation sites excluding steroid dienone is 1. The highest BCUT2D eigenvalue weighted by Crippen LogP contribution is 2.22. The van der Waals surface area contributed by atoms with Crippen LogP contribution in [0, 0.1) is 0 Å². The van der Waals surface area contributed by atoms with E-state index in [0.717, 1.165) is 16.7 Å². The predicted octanol–water partition coefficient (Wildman–Crippen LogP) is 5.20. The van der Waals surface area contributed by atoms with Gasteiger partial charge in [-0.3, -0.25) is 4.79 Å². The Morgan fingerprint density at radius 3 is 2.36 bits per heavy atom. The van der Waals surface area contributed by atoms with Gasteiger partial charge in [0.25, 0.3) is 5.91 Å². The molecule has 140 valence electrons. The van der Waals surface area contributed by atoms with E-state index in [9.17, 15) is 4.79 Å². The summed E-state index contributed by atoms with van der Waals surface area (Å²) >= 11 is 6.05. The fourth-order valence-corrected chi connectivity index (χ4v) is 2.66. The van der Waals surface area contributed by atoms with Crippen molar-refractivity contribution < 1.29 is 9.53 Å². The lowest BCUT2D eigenvalue weighted by Crippen LogP contribution is -2.24. The monoisotopic (exact) mass is 390 g/mol. The van der Waals surface area contributed by atoms with Gasteiger partial charge in [-0.05, 0) is 41.0 Å². The summed E-state index contributed by atoms with van der Waals surface area (Å²) in [5.41, 5.74) is 5.51. The molecule has 28 heavy (non-hydrogen) atoms. The van der Waals surface area contributed by atoms with Crippen LogP contribution in [0.3, 0.4) is 0 Å². The Balaban J connectivity index is 1.43. The smallest absolute Gasteiger partial charge is 0.277 e. The lowest BCUT2D eigenvalue weighted by Gasteiger charge is -2.06. The molecule has 0 aliphatic carbocycles. The fraction of sp³-hybridized carbons (Fsp3) is 0.0435. The molecule has 0 aliphatic heterocycles. The van der Waals surface area contributed by atoms with Crippen LogP contribution in [0.4, 0.5) is 0 Å². The number of hydrogen-bond acceptors (Lipinski definition) is 3. The van der Waals surface area contributed by atoms with Crippen molar-refractivity contribution in [3.63, 3.8) is 0 Å². The van der Waals surface area contributed by atoms with Gasteiger partial charge < -0.3 is 4.74 Å². The summed E-state index contributed by atoms with van der Waals surface area (Å²) in [6.07, 6.45) is 4.99. The van der Waals surface area contributed by atoms with Crippen LogP contribution in [0.5, 0.6) is 5.75 Å². The maximum Gasteiger partial charge on any atom is 0.277 e. The lowest BCUT2D eigenvalue weighted by molar-refractivity contribution is -0.123. The van der Waals surface area contributed by atoms with E-state index in [-0.39, 0.29) is 12.5 Å². The third-order valence-electron chi connectivity index (χ3n) is 3.86. The molecule has 3 aromatic carbocycles. The zero-order chi connectivity index (χ0) is 19.6. The molecule has 0 aliphatic rings. The first-order valence-electron chi connectivity index (χ1n) is 8.74. The summed E-state index contributed by atoms with van der Waals surface area (Å²) in [5.74, 6) is 0.284. The molecule has 0 aromatic heterocycles. The van der Waals surface area contributed by atoms with Crippen LogP contribution >= 0.6 is 11.6 Å². The number of carbonyl (C=O) groups excluding carboxylic acids is 1. The minimum Gasteiger partial charge on any atom is -0.484 e. The molecular formula is C23H19ClN2O2. The molecule has 3 aromatic rings. The number of carbonyl (C=O) groups is 1. The standard InChI is InChI=1S/C23H19ClN2O2/c24-22-11-5-4-9-20(22)10-6-16-25-26-23(27)17-28-21-14-12-19(13-15-21)18-7-2-1-3-8-18/h1-16H,17H2,(H,26,27). The van der Waals surface area contributed by atoms with Gasteiger partial charge in [0.05, 0.1) is 0 Å². The van der Waals surface area contributed by atoms with Crippen LogP contribution in [-0.2, 0) is 4.79 Å². The SMILES string of the molecule is O=C(COc1ccc(-c2ccccc2)cc1)NN=CC=Cc1ccccc1Cl. The first-order chi connectivity index (χ1) is 13.7. The average molecular weight is 391 g/mol. The quantitative estimate of drug-likeness (QED) is 0.445. The Morgan fingerprint density at radius 1 is 0.929 bits per heavy atom. The minimum atomic E-state index is -0.338. The Labute approximate surface area is 169 Å². The fourth-order valence-electron chi connectivity index (χ4n) is 2.46. The summed E-state index contributed by atoms with van der Waals surface area (Å²) < 4.78 is 5.48. The maximum atomic E-state index is 11.8. The summed E-state index contributed by atoms with van der Waals surface area (Å²) in [6, 6.07) is 25.1. The maximum absolute atomic E-state index is 11.8. The molecule has 0 unspecified atom stereocenters. The van der Waals surface area contributed by atoms with Crippen LogP contribution < -0.4 is 10.2 Å². The number of benzene rings is 3. The van der Waals surface area contributed by atoms with E-state index in [0.29, 0.717) is 10.8 Å². The Hall–Kier alpha value is -3.37. The number of hydrogen-bond donors (Lipinski definition) is 1. The first-order valence-corrected chi connectivity index (χ1v) is 9.11. The molecule has 4 nitrogen and oxygen atoms in total. The van der Waals surface area contributed by atoms with Crippen LogP contribution in [0.2, 0.25) is 5.02 Å². The van der Waals surface area contributed by atoms with E-state index in [1.165, 1.54) is 6.21 Å². The van der Waals surface area contributed by atoms with E-state index >= 15 is 0 Å². The van der Waals surface area contributed by atoms with Crippen LogP contribution in [0.15, 0.2) is 90.0 Å². The number of nitrogens with one attached hydrogen (secondary N) is 1. The molecule has 0 heterocycles. The second-order valence-corrected chi connectivity index (χ2v) is 6.28. The summed E-state index contributed by atoms with van der Waals surface area (Å²) in [7, 11) is 0. The molecule has 0 radical (unpaired) electrons. The van der Waals surface area contributed by atoms with Gasteiger partial charge in [-0.2, -0.15) is 5.10 Å². The molecule has 3 rings (SSSR count). The van der Waals surface area contributed by atoms with Crippen molar-refractivity contribution in [1.29, 1.82) is 0 Å². The van der Waals surface area contributed by atoms with Crippen LogP contribution in [-0.4, -0.2) is 18.7 Å². The van der Waals surface area contributed by atoms with Crippen molar-refractivity contribution in [1.82, 2.24) is 5.43 Å². The van der Waals surface area contributed by atoms with Gasteiger partial charge in [0.15, 0.2) is 6.61 Å². The van der Waals surface area contributed by atoms with E-state index < -0.39 is 0 Å². The molecule has 0 bridgehead atoms. The number of ether oxygens (including phenoxy) is 1. The zero-order valence-electron chi connectivity index (χ0n) is 15.1. The number of hydrazone groups is 1. The van der Waals surface area contributed by atoms with Crippen molar-refractivity contribution in [2.45, 2.75) is 0 Å². The van der Waals surface area contributed by atoms with E-state index in [4.69, 9.17) is 16.3 Å². The van der Waals surface area contributed by atoms with Gasteiger partial charge in [-0.15, -0.1) is 0 Å². The second-order valence-electron chi connectivity index (χ2n) is 5.87. The lowest BCUT2D eigenvalue weighted by atomic mass is 10.1. The number of rotatable bonds is 7. The Kier molecular flexibility index (Phi) is 6.99. The van der Waals surface area contributed by atoms with Crippen molar-refractivity contribution in [3.8, 4) is 16.9 Å². The number of nitrogens with zero attached hydrogens (tertiary/aromatic N) is 1. The van der Waals surface area contributed by atoms with Gasteiger partial charge in [0, 0.05) is 11.2 Å². The number of amides is 1.